The van der Waals surface area contributed by atoms with Crippen molar-refractivity contribution in [2.75, 3.05) is 0 Å². The first kappa shape index (κ1) is 9.93. The molecule has 68 valence electrons. The summed E-state index contributed by atoms with van der Waals surface area (Å²) in [5.74, 6) is -0.495. The van der Waals surface area contributed by atoms with Crippen molar-refractivity contribution >= 4 is 24.0 Å². The fraction of sp³-hybridized carbons (Fsp3) is 0.100. The molecule has 3 heteroatoms. The van der Waals surface area contributed by atoms with Crippen molar-refractivity contribution in [2.24, 2.45) is 0 Å². The molecule has 0 atom stereocenters. The summed E-state index contributed by atoms with van der Waals surface area (Å²) in [7, 11) is 0. The minimum absolute atomic E-state index is 0.0625. The molecule has 0 spiro atoms. The van der Waals surface area contributed by atoms with Crippen LogP contribution < -0.4 is 0 Å². The highest BCUT2D eigenvalue weighted by Gasteiger charge is 2.03. The molecule has 1 nitrogen and oxygen atoms in total. The summed E-state index contributed by atoms with van der Waals surface area (Å²) in [6.45, 7) is 1.60. The maximum Gasteiger partial charge on any atom is 0.149 e. The molecule has 1 aromatic carbocycles. The first-order chi connectivity index (χ1) is 6.15. The summed E-state index contributed by atoms with van der Waals surface area (Å²) in [5, 5.41) is 0.0625. The Labute approximate surface area is 80.8 Å². The molecule has 13 heavy (non-hydrogen) atoms. The smallest absolute Gasteiger partial charge is 0.149 e. The van der Waals surface area contributed by atoms with Gasteiger partial charge in [0.05, 0.1) is 5.02 Å². The highest BCUT2D eigenvalue weighted by atomic mass is 35.5. The van der Waals surface area contributed by atoms with Gasteiger partial charge in [0.2, 0.25) is 0 Å². The van der Waals surface area contributed by atoms with Crippen molar-refractivity contribution in [3.63, 3.8) is 0 Å². The summed E-state index contributed by atoms with van der Waals surface area (Å²) in [5.41, 5.74) is 0.790. The van der Waals surface area contributed by atoms with E-state index in [-0.39, 0.29) is 5.02 Å². The van der Waals surface area contributed by atoms with Crippen LogP contribution in [0.5, 0.6) is 0 Å². The molecule has 0 aliphatic carbocycles. The van der Waals surface area contributed by atoms with E-state index >= 15 is 0 Å². The van der Waals surface area contributed by atoms with Crippen LogP contribution in [0, 0.1) is 5.82 Å². The second-order valence-corrected chi connectivity index (χ2v) is 3.06. The molecule has 1 rings (SSSR count). The highest BCUT2D eigenvalue weighted by molar-refractivity contribution is 6.30. The first-order valence-corrected chi connectivity index (χ1v) is 4.10. The van der Waals surface area contributed by atoms with Crippen LogP contribution in [-0.4, -0.2) is 6.29 Å². The third kappa shape index (κ3) is 2.39. The van der Waals surface area contributed by atoms with E-state index < -0.39 is 5.82 Å². The maximum absolute atomic E-state index is 13.2. The number of hydrogen-bond donors (Lipinski definition) is 0. The zero-order valence-electron chi connectivity index (χ0n) is 7.05. The quantitative estimate of drug-likeness (QED) is 0.527. The second kappa shape index (κ2) is 4.19. The van der Waals surface area contributed by atoms with Crippen molar-refractivity contribution in [3.8, 4) is 0 Å². The zero-order valence-corrected chi connectivity index (χ0v) is 7.81. The molecule has 0 aliphatic rings. The Morgan fingerprint density at radius 2 is 2.23 bits per heavy atom. The molecule has 0 aliphatic heterocycles. The first-order valence-electron chi connectivity index (χ1n) is 3.72. The number of rotatable bonds is 2. The molecule has 0 radical (unpaired) electrons. The molecule has 0 heterocycles. The Morgan fingerprint density at radius 1 is 1.54 bits per heavy atom. The lowest BCUT2D eigenvalue weighted by atomic mass is 10.1. The van der Waals surface area contributed by atoms with Gasteiger partial charge in [-0.2, -0.15) is 0 Å². The predicted molar refractivity (Wildman–Crippen MR) is 51.1 cm³/mol. The molecular formula is C10H8ClFO. The fourth-order valence-corrected chi connectivity index (χ4v) is 1.09. The van der Waals surface area contributed by atoms with Gasteiger partial charge >= 0.3 is 0 Å². The standard InChI is InChI=1S/C10H8ClFO/c1-7(6-13)5-8-3-2-4-9(11)10(8)12/h2-6H,1H3/b7-5-. The van der Waals surface area contributed by atoms with Gasteiger partial charge in [0.1, 0.15) is 12.1 Å². The Bertz CT molecular complexity index is 358. The molecule has 0 N–H and O–H groups in total. The molecule has 0 fully saturated rings. The average molecular weight is 199 g/mol. The summed E-state index contributed by atoms with van der Waals surface area (Å²) in [6.07, 6.45) is 2.12. The van der Waals surface area contributed by atoms with Crippen molar-refractivity contribution in [1.82, 2.24) is 0 Å². The third-order valence-electron chi connectivity index (χ3n) is 1.55. The van der Waals surface area contributed by atoms with Crippen molar-refractivity contribution < 1.29 is 9.18 Å². The van der Waals surface area contributed by atoms with Crippen LogP contribution in [0.4, 0.5) is 4.39 Å². The lowest BCUT2D eigenvalue weighted by Gasteiger charge is -1.98. The lowest BCUT2D eigenvalue weighted by Crippen LogP contribution is -1.85. The number of allylic oxidation sites excluding steroid dienone is 1. The van der Waals surface area contributed by atoms with E-state index in [2.05, 4.69) is 0 Å². The number of carbonyl (C=O) groups is 1. The predicted octanol–water partition coefficient (Wildman–Crippen LogP) is 3.08. The minimum atomic E-state index is -0.495. The van der Waals surface area contributed by atoms with Crippen LogP contribution in [0.15, 0.2) is 23.8 Å². The number of carbonyl (C=O) groups excluding carboxylic acids is 1. The SMILES string of the molecule is C/C(C=O)=C/c1cccc(Cl)c1F. The zero-order chi connectivity index (χ0) is 9.84. The van der Waals surface area contributed by atoms with Crippen LogP contribution >= 0.6 is 11.6 Å². The third-order valence-corrected chi connectivity index (χ3v) is 1.84. The van der Waals surface area contributed by atoms with Crippen LogP contribution in [0.3, 0.4) is 0 Å². The van der Waals surface area contributed by atoms with Gasteiger partial charge in [-0.25, -0.2) is 4.39 Å². The Balaban J connectivity index is 3.16. The largest absolute Gasteiger partial charge is 0.298 e. The van der Waals surface area contributed by atoms with E-state index in [0.717, 1.165) is 0 Å². The van der Waals surface area contributed by atoms with E-state index in [1.165, 1.54) is 12.1 Å². The monoisotopic (exact) mass is 198 g/mol. The van der Waals surface area contributed by atoms with E-state index in [9.17, 15) is 9.18 Å². The molecule has 0 saturated heterocycles. The topological polar surface area (TPSA) is 17.1 Å². The van der Waals surface area contributed by atoms with Gasteiger partial charge in [0.15, 0.2) is 0 Å². The summed E-state index contributed by atoms with van der Waals surface area (Å²) in [6, 6.07) is 4.66. The van der Waals surface area contributed by atoms with Crippen LogP contribution in [0.25, 0.3) is 6.08 Å². The number of aldehydes is 1. The summed E-state index contributed by atoms with van der Waals surface area (Å²) < 4.78 is 13.2. The molecule has 1 aromatic rings. The summed E-state index contributed by atoms with van der Waals surface area (Å²) in [4.78, 5) is 10.3. The Hall–Kier alpha value is -1.15. The normalized spacial score (nSPS) is 11.5. The van der Waals surface area contributed by atoms with Crippen molar-refractivity contribution in [1.29, 1.82) is 0 Å². The molecule has 0 bridgehead atoms. The molecule has 0 aromatic heterocycles. The van der Waals surface area contributed by atoms with Gasteiger partial charge in [0, 0.05) is 5.56 Å². The van der Waals surface area contributed by atoms with Gasteiger partial charge < -0.3 is 0 Å². The molecular weight excluding hydrogens is 191 g/mol. The van der Waals surface area contributed by atoms with Gasteiger partial charge in [0.25, 0.3) is 0 Å². The van der Waals surface area contributed by atoms with Crippen LogP contribution in [0.1, 0.15) is 12.5 Å². The van der Waals surface area contributed by atoms with Crippen LogP contribution in [0.2, 0.25) is 5.02 Å². The number of halogens is 2. The van der Waals surface area contributed by atoms with Gasteiger partial charge in [-0.1, -0.05) is 23.7 Å². The number of hydrogen-bond acceptors (Lipinski definition) is 1. The van der Waals surface area contributed by atoms with Gasteiger partial charge in [-0.3, -0.25) is 4.79 Å². The summed E-state index contributed by atoms with van der Waals surface area (Å²) >= 11 is 5.55. The fourth-order valence-electron chi connectivity index (χ4n) is 0.911. The molecule has 0 amide bonds. The average Bonchev–Trinajstić information content (AvgIpc) is 2.13. The van der Waals surface area contributed by atoms with Gasteiger partial charge in [-0.15, -0.1) is 0 Å². The van der Waals surface area contributed by atoms with E-state index in [0.29, 0.717) is 17.4 Å². The molecule has 0 saturated carbocycles. The van der Waals surface area contributed by atoms with Crippen molar-refractivity contribution in [3.05, 3.63) is 40.2 Å². The lowest BCUT2D eigenvalue weighted by molar-refractivity contribution is -0.104. The minimum Gasteiger partial charge on any atom is -0.298 e. The van der Waals surface area contributed by atoms with Gasteiger partial charge in [-0.05, 0) is 24.6 Å². The number of benzene rings is 1. The second-order valence-electron chi connectivity index (χ2n) is 2.65. The highest BCUT2D eigenvalue weighted by Crippen LogP contribution is 2.19. The molecule has 0 unspecified atom stereocenters. The van der Waals surface area contributed by atoms with Crippen molar-refractivity contribution in [2.45, 2.75) is 6.92 Å². The van der Waals surface area contributed by atoms with E-state index in [1.807, 2.05) is 0 Å². The Morgan fingerprint density at radius 3 is 2.85 bits per heavy atom. The van der Waals surface area contributed by atoms with E-state index in [1.54, 1.807) is 19.1 Å². The van der Waals surface area contributed by atoms with E-state index in [4.69, 9.17) is 11.6 Å². The maximum atomic E-state index is 13.2. The Kier molecular flexibility index (Phi) is 3.20. The van der Waals surface area contributed by atoms with Crippen LogP contribution in [-0.2, 0) is 4.79 Å².